The Morgan fingerprint density at radius 2 is 2.14 bits per heavy atom. The Kier molecular flexibility index (Phi) is 3.53. The molecule has 0 aliphatic carbocycles. The molecule has 4 aromatic heterocycles. The van der Waals surface area contributed by atoms with E-state index < -0.39 is 0 Å². The zero-order valence-electron chi connectivity index (χ0n) is 15.9. The highest BCUT2D eigenvalue weighted by molar-refractivity contribution is 5.73. The van der Waals surface area contributed by atoms with Gasteiger partial charge >= 0.3 is 5.69 Å². The van der Waals surface area contributed by atoms with Crippen molar-refractivity contribution in [2.45, 2.75) is 20.4 Å². The number of anilines is 2. The molecule has 1 fully saturated rings. The molecular weight excluding hydrogens is 360 g/mol. The Balaban J connectivity index is 1.56. The van der Waals surface area contributed by atoms with Gasteiger partial charge in [0.15, 0.2) is 11.3 Å². The van der Waals surface area contributed by atoms with Crippen LogP contribution >= 0.6 is 0 Å². The summed E-state index contributed by atoms with van der Waals surface area (Å²) in [5.41, 5.74) is 3.74. The second-order valence-electron chi connectivity index (χ2n) is 7.69. The molecule has 0 saturated carbocycles. The van der Waals surface area contributed by atoms with E-state index in [0.29, 0.717) is 36.9 Å². The summed E-state index contributed by atoms with van der Waals surface area (Å²) in [7, 11) is 1.74. The lowest BCUT2D eigenvalue weighted by Crippen LogP contribution is -2.45. The van der Waals surface area contributed by atoms with Crippen LogP contribution in [0.15, 0.2) is 29.6 Å². The molecule has 1 aliphatic heterocycles. The van der Waals surface area contributed by atoms with Crippen molar-refractivity contribution in [1.82, 2.24) is 33.7 Å². The number of rotatable bonds is 4. The minimum absolute atomic E-state index is 0.0502. The first-order valence-electron chi connectivity index (χ1n) is 9.01. The highest BCUT2D eigenvalue weighted by atomic mass is 16.5. The molecular formula is C18H20N8O2. The molecule has 0 amide bonds. The Bertz CT molecular complexity index is 1260. The van der Waals surface area contributed by atoms with Crippen LogP contribution in [0.2, 0.25) is 0 Å². The maximum absolute atomic E-state index is 12.7. The topological polar surface area (TPSA) is 104 Å². The van der Waals surface area contributed by atoms with Crippen LogP contribution in [0.25, 0.3) is 16.8 Å². The van der Waals surface area contributed by atoms with Crippen LogP contribution in [-0.2, 0) is 18.3 Å². The number of ether oxygens (including phenoxy) is 1. The molecule has 1 N–H and O–H groups in total. The number of nitrogens with one attached hydrogen (secondary N) is 1. The smallest absolute Gasteiger partial charge is 0.330 e. The van der Waals surface area contributed by atoms with Crippen molar-refractivity contribution >= 4 is 28.4 Å². The molecule has 0 aromatic carbocycles. The summed E-state index contributed by atoms with van der Waals surface area (Å²) < 4.78 is 10.3. The van der Waals surface area contributed by atoms with Crippen molar-refractivity contribution in [2.75, 3.05) is 18.5 Å². The lowest BCUT2D eigenvalue weighted by atomic mass is 9.89. The Morgan fingerprint density at radius 1 is 1.32 bits per heavy atom. The second kappa shape index (κ2) is 5.86. The van der Waals surface area contributed by atoms with Crippen LogP contribution in [0.1, 0.15) is 12.5 Å². The molecule has 5 rings (SSSR count). The van der Waals surface area contributed by atoms with Crippen LogP contribution in [0, 0.1) is 12.3 Å². The van der Waals surface area contributed by atoms with E-state index in [4.69, 9.17) is 4.74 Å². The third kappa shape index (κ3) is 2.56. The largest absolute Gasteiger partial charge is 0.380 e. The van der Waals surface area contributed by atoms with E-state index in [1.807, 2.05) is 19.2 Å². The van der Waals surface area contributed by atoms with Crippen LogP contribution < -0.4 is 11.0 Å². The molecule has 0 atom stereocenters. The van der Waals surface area contributed by atoms with E-state index in [-0.39, 0.29) is 11.1 Å². The first kappa shape index (κ1) is 16.9. The molecule has 0 unspecified atom stereocenters. The molecule has 4 aromatic rings. The van der Waals surface area contributed by atoms with Gasteiger partial charge in [0.05, 0.1) is 31.3 Å². The van der Waals surface area contributed by atoms with Gasteiger partial charge < -0.3 is 10.1 Å². The summed E-state index contributed by atoms with van der Waals surface area (Å²) >= 11 is 0. The standard InChI is InChI=1S/C18H20N8O2/c1-11-4-14-20-10-21-26(14)6-12(11)22-16-19-5-13-15(23-16)25(17(27)24(13)3)7-18(2)8-28-9-18/h4-6,10H,7-9H2,1-3H3,(H,19,22,23). The second-order valence-corrected chi connectivity index (χ2v) is 7.69. The summed E-state index contributed by atoms with van der Waals surface area (Å²) in [5.74, 6) is 0.421. The molecule has 0 radical (unpaired) electrons. The fourth-order valence-electron chi connectivity index (χ4n) is 3.51. The summed E-state index contributed by atoms with van der Waals surface area (Å²) in [6, 6.07) is 1.93. The Labute approximate surface area is 159 Å². The lowest BCUT2D eigenvalue weighted by Gasteiger charge is -2.37. The van der Waals surface area contributed by atoms with Gasteiger partial charge in [-0.15, -0.1) is 0 Å². The average Bonchev–Trinajstić information content (AvgIpc) is 3.19. The van der Waals surface area contributed by atoms with Gasteiger partial charge in [0, 0.05) is 19.0 Å². The maximum Gasteiger partial charge on any atom is 0.330 e. The van der Waals surface area contributed by atoms with Crippen molar-refractivity contribution in [3.05, 3.63) is 40.8 Å². The summed E-state index contributed by atoms with van der Waals surface area (Å²) in [5, 5.41) is 7.39. The third-order valence-corrected chi connectivity index (χ3v) is 5.19. The number of imidazole rings is 1. The van der Waals surface area contributed by atoms with Crippen LogP contribution in [-0.4, -0.2) is 46.9 Å². The number of aryl methyl sites for hydroxylation is 2. The van der Waals surface area contributed by atoms with Crippen molar-refractivity contribution < 1.29 is 4.74 Å². The van der Waals surface area contributed by atoms with Gasteiger partial charge in [-0.2, -0.15) is 10.1 Å². The number of nitrogens with zero attached hydrogens (tertiary/aromatic N) is 7. The van der Waals surface area contributed by atoms with Crippen molar-refractivity contribution in [3.8, 4) is 0 Å². The molecule has 1 saturated heterocycles. The van der Waals surface area contributed by atoms with Crippen molar-refractivity contribution in [3.63, 3.8) is 0 Å². The molecule has 0 spiro atoms. The van der Waals surface area contributed by atoms with Crippen molar-refractivity contribution in [2.24, 2.45) is 12.5 Å². The number of hydrogen-bond donors (Lipinski definition) is 1. The lowest BCUT2D eigenvalue weighted by molar-refractivity contribution is -0.110. The fourth-order valence-corrected chi connectivity index (χ4v) is 3.51. The van der Waals surface area contributed by atoms with Crippen molar-refractivity contribution in [1.29, 1.82) is 0 Å². The molecule has 0 bridgehead atoms. The minimum atomic E-state index is -0.102. The van der Waals surface area contributed by atoms with Gasteiger partial charge in [-0.05, 0) is 18.6 Å². The molecule has 1 aliphatic rings. The van der Waals surface area contributed by atoms with E-state index in [0.717, 1.165) is 16.9 Å². The predicted molar refractivity (Wildman–Crippen MR) is 103 cm³/mol. The Hall–Kier alpha value is -3.27. The molecule has 10 heteroatoms. The zero-order valence-corrected chi connectivity index (χ0v) is 15.9. The fraction of sp³-hybridized carbons (Fsp3) is 0.389. The van der Waals surface area contributed by atoms with Crippen LogP contribution in [0.3, 0.4) is 0 Å². The minimum Gasteiger partial charge on any atom is -0.380 e. The number of aromatic nitrogens is 7. The highest BCUT2D eigenvalue weighted by Gasteiger charge is 2.35. The van der Waals surface area contributed by atoms with E-state index in [1.54, 1.807) is 26.9 Å². The van der Waals surface area contributed by atoms with Gasteiger partial charge in [0.1, 0.15) is 11.8 Å². The molecule has 28 heavy (non-hydrogen) atoms. The van der Waals surface area contributed by atoms with Gasteiger partial charge in [-0.3, -0.25) is 9.13 Å². The first-order valence-corrected chi connectivity index (χ1v) is 9.01. The van der Waals surface area contributed by atoms with E-state index >= 15 is 0 Å². The molecule has 144 valence electrons. The quantitative estimate of drug-likeness (QED) is 0.568. The number of fused-ring (bicyclic) bond motifs is 2. The summed E-state index contributed by atoms with van der Waals surface area (Å²) in [4.78, 5) is 25.9. The van der Waals surface area contributed by atoms with Gasteiger partial charge in [0.2, 0.25) is 5.95 Å². The monoisotopic (exact) mass is 380 g/mol. The van der Waals surface area contributed by atoms with E-state index in [2.05, 4.69) is 32.3 Å². The molecule has 10 nitrogen and oxygen atoms in total. The number of hydrogen-bond acceptors (Lipinski definition) is 7. The van der Waals surface area contributed by atoms with Gasteiger partial charge in [-0.25, -0.2) is 19.3 Å². The van der Waals surface area contributed by atoms with Crippen LogP contribution in [0.5, 0.6) is 0 Å². The SMILES string of the molecule is Cc1cc2ncnn2cc1Nc1ncc2c(n1)n(CC1(C)COC1)c(=O)n2C. The van der Waals surface area contributed by atoms with E-state index in [9.17, 15) is 4.79 Å². The Morgan fingerprint density at radius 3 is 2.89 bits per heavy atom. The van der Waals surface area contributed by atoms with Gasteiger partial charge in [0.25, 0.3) is 0 Å². The van der Waals surface area contributed by atoms with E-state index in [1.165, 1.54) is 6.33 Å². The van der Waals surface area contributed by atoms with Crippen LogP contribution in [0.4, 0.5) is 11.6 Å². The summed E-state index contributed by atoms with van der Waals surface area (Å²) in [6.45, 7) is 5.93. The average molecular weight is 380 g/mol. The maximum atomic E-state index is 12.7. The first-order chi connectivity index (χ1) is 13.4. The third-order valence-electron chi connectivity index (χ3n) is 5.19. The molecule has 5 heterocycles. The highest BCUT2D eigenvalue weighted by Crippen LogP contribution is 2.29. The normalized spacial score (nSPS) is 15.8. The summed E-state index contributed by atoms with van der Waals surface area (Å²) in [6.07, 6.45) is 5.02. The predicted octanol–water partition coefficient (Wildman–Crippen LogP) is 1.26. The number of pyridine rings is 1. The van der Waals surface area contributed by atoms with Gasteiger partial charge in [-0.1, -0.05) is 6.92 Å². The zero-order chi connectivity index (χ0) is 19.5.